The standard InChI is InChI=1S/C9H7.C5H5.C2H6Si.2CH3O.Ti/c1-2-5-9-7-3-6-8(9)4-1;1-2-4-5-3-1;1-3-2;2*1-2;/h1-7H;1-3H,4H2;1-2H3;2*1H3;/q;;;2*-1;+2. The van der Waals surface area contributed by atoms with E-state index in [1.165, 1.54) is 12.0 Å². The summed E-state index contributed by atoms with van der Waals surface area (Å²) in [4.78, 5) is 0. The van der Waals surface area contributed by atoms with Gasteiger partial charge < -0.3 is 10.2 Å². The van der Waals surface area contributed by atoms with E-state index in [-0.39, 0.29) is 6.19 Å². The molecule has 1 aromatic carbocycles. The van der Waals surface area contributed by atoms with Crippen LogP contribution in [0.2, 0.25) is 13.1 Å². The zero-order valence-corrected chi connectivity index (χ0v) is 16.4. The molecule has 0 spiro atoms. The van der Waals surface area contributed by atoms with Crippen molar-refractivity contribution < 1.29 is 26.8 Å². The van der Waals surface area contributed by atoms with Gasteiger partial charge in [-0.1, -0.05) is 0 Å². The maximum absolute atomic E-state index is 8.25. The van der Waals surface area contributed by atoms with Gasteiger partial charge in [-0.3, -0.25) is 0 Å². The minimum absolute atomic E-state index is 0.173. The number of fused-ring (bicyclic) bond motifs is 1. The first-order chi connectivity index (χ1) is 10.8. The molecule has 2 nitrogen and oxygen atoms in total. The Hall–Kier alpha value is -0.709. The van der Waals surface area contributed by atoms with Crippen LogP contribution in [0, 0.1) is 0 Å². The Morgan fingerprint density at radius 1 is 1.09 bits per heavy atom. The maximum atomic E-state index is 8.25. The van der Waals surface area contributed by atoms with Gasteiger partial charge in [-0.2, -0.15) is 14.2 Å². The third-order valence-electron chi connectivity index (χ3n) is 3.77. The van der Waals surface area contributed by atoms with Gasteiger partial charge in [0.05, 0.1) is 0 Å². The Labute approximate surface area is 140 Å². The SMILES string of the molecule is C[O-].C[O-].C[Si](C)=[Ti+2]([C]1=CC=CC1)[CH]1C=Cc2ccccc21. The number of hydrogen-bond donors (Lipinski definition) is 0. The normalized spacial score (nSPS) is 16.4. The summed E-state index contributed by atoms with van der Waals surface area (Å²) in [6.07, 6.45) is 12.9. The zero-order chi connectivity index (χ0) is 16.5. The van der Waals surface area contributed by atoms with Crippen molar-refractivity contribution in [1.82, 2.24) is 0 Å². The Kier molecular flexibility index (Phi) is 8.91. The predicted octanol–water partition coefficient (Wildman–Crippen LogP) is 2.42. The van der Waals surface area contributed by atoms with Crippen molar-refractivity contribution in [2.45, 2.75) is 23.7 Å². The molecular weight excluding hydrogens is 324 g/mol. The second-order valence-corrected chi connectivity index (χ2v) is 17.4. The van der Waals surface area contributed by atoms with Crippen molar-refractivity contribution in [2.75, 3.05) is 14.2 Å². The topological polar surface area (TPSA) is 46.1 Å². The molecule has 1 atom stereocenters. The van der Waals surface area contributed by atoms with E-state index in [4.69, 9.17) is 10.2 Å². The van der Waals surface area contributed by atoms with Gasteiger partial charge >= 0.3 is 116 Å². The second kappa shape index (κ2) is 10.1. The Morgan fingerprint density at radius 2 is 1.77 bits per heavy atom. The summed E-state index contributed by atoms with van der Waals surface area (Å²) >= 11 is -1.15. The van der Waals surface area contributed by atoms with E-state index in [0.29, 0.717) is 0 Å². The monoisotopic (exact) mass is 348 g/mol. The Balaban J connectivity index is 0.000000561. The zero-order valence-electron chi connectivity index (χ0n) is 13.8. The molecule has 116 valence electrons. The molecule has 0 bridgehead atoms. The number of hydrogen-bond acceptors (Lipinski definition) is 2. The van der Waals surface area contributed by atoms with Crippen LogP contribution in [0.3, 0.4) is 0 Å². The molecular formula is C18H24O2SiTi. The van der Waals surface area contributed by atoms with Gasteiger partial charge in [-0.15, -0.1) is 0 Å². The van der Waals surface area contributed by atoms with Crippen LogP contribution in [-0.4, -0.2) is 20.4 Å². The van der Waals surface area contributed by atoms with E-state index in [0.717, 1.165) is 18.4 Å². The molecule has 22 heavy (non-hydrogen) atoms. The molecule has 0 radical (unpaired) electrons. The quantitative estimate of drug-likeness (QED) is 0.771. The van der Waals surface area contributed by atoms with Gasteiger partial charge in [-0.25, -0.2) is 0 Å². The Morgan fingerprint density at radius 3 is 2.36 bits per heavy atom. The van der Waals surface area contributed by atoms with Crippen LogP contribution in [0.15, 0.2) is 52.4 Å². The molecule has 0 aromatic heterocycles. The van der Waals surface area contributed by atoms with Gasteiger partial charge in [0.15, 0.2) is 0 Å². The van der Waals surface area contributed by atoms with Gasteiger partial charge in [0.2, 0.25) is 0 Å². The van der Waals surface area contributed by atoms with Crippen molar-refractivity contribution in [3.63, 3.8) is 0 Å². The molecule has 0 saturated heterocycles. The molecule has 0 aliphatic heterocycles. The number of allylic oxidation sites excluding steroid dienone is 5. The van der Waals surface area contributed by atoms with E-state index >= 15 is 0 Å². The molecule has 4 heteroatoms. The summed E-state index contributed by atoms with van der Waals surface area (Å²) in [5.74, 6) is 0. The van der Waals surface area contributed by atoms with Crippen LogP contribution in [0.1, 0.15) is 21.8 Å². The van der Waals surface area contributed by atoms with Crippen LogP contribution in [-0.2, 0) is 16.6 Å². The first-order valence-corrected chi connectivity index (χ1v) is 13.9. The fourth-order valence-corrected chi connectivity index (χ4v) is 14.9. The van der Waals surface area contributed by atoms with E-state index < -0.39 is 16.6 Å². The fourth-order valence-electron chi connectivity index (χ4n) is 2.98. The average Bonchev–Trinajstić information content (AvgIpc) is 3.22. The molecule has 0 amide bonds. The molecule has 0 fully saturated rings. The molecule has 2 aliphatic carbocycles. The predicted molar refractivity (Wildman–Crippen MR) is 89.4 cm³/mol. The van der Waals surface area contributed by atoms with Crippen molar-refractivity contribution in [1.29, 1.82) is 0 Å². The third kappa shape index (κ3) is 4.40. The van der Waals surface area contributed by atoms with Crippen LogP contribution in [0.25, 0.3) is 6.08 Å². The van der Waals surface area contributed by atoms with Gasteiger partial charge in [0, 0.05) is 0 Å². The number of rotatable bonds is 2. The van der Waals surface area contributed by atoms with Crippen LogP contribution in [0.4, 0.5) is 0 Å². The molecule has 1 unspecified atom stereocenters. The van der Waals surface area contributed by atoms with Crippen molar-refractivity contribution in [3.8, 4) is 0 Å². The molecule has 0 N–H and O–H groups in total. The van der Waals surface area contributed by atoms with Crippen LogP contribution >= 0.6 is 0 Å². The average molecular weight is 348 g/mol. The van der Waals surface area contributed by atoms with Gasteiger partial charge in [-0.05, 0) is 0 Å². The first kappa shape index (κ1) is 19.3. The molecule has 2 aliphatic rings. The van der Waals surface area contributed by atoms with Crippen molar-refractivity contribution >= 4 is 12.3 Å². The van der Waals surface area contributed by atoms with E-state index in [2.05, 4.69) is 67.7 Å². The van der Waals surface area contributed by atoms with Gasteiger partial charge in [0.1, 0.15) is 0 Å². The summed E-state index contributed by atoms with van der Waals surface area (Å²) in [7, 11) is 1.50. The van der Waals surface area contributed by atoms with Crippen molar-refractivity contribution in [2.24, 2.45) is 0 Å². The summed E-state index contributed by atoms with van der Waals surface area (Å²) in [6, 6.07) is 8.97. The molecule has 1 aromatic rings. The van der Waals surface area contributed by atoms with E-state index in [1.807, 2.05) is 0 Å². The fraction of sp³-hybridized carbons (Fsp3) is 0.333. The molecule has 0 saturated carbocycles. The van der Waals surface area contributed by atoms with Crippen LogP contribution in [0.5, 0.6) is 0 Å². The van der Waals surface area contributed by atoms with E-state index in [1.54, 1.807) is 9.44 Å². The van der Waals surface area contributed by atoms with Crippen molar-refractivity contribution in [3.05, 3.63) is 63.6 Å². The Bertz CT molecular complexity index is 611. The second-order valence-electron chi connectivity index (χ2n) is 5.20. The molecule has 3 rings (SSSR count). The summed E-state index contributed by atoms with van der Waals surface area (Å²) < 4.78 is 2.58. The summed E-state index contributed by atoms with van der Waals surface area (Å²) in [5.41, 5.74) is 3.06. The summed E-state index contributed by atoms with van der Waals surface area (Å²) in [6.45, 7) is 5.04. The minimum atomic E-state index is -1.15. The first-order valence-electron chi connectivity index (χ1n) is 7.39. The van der Waals surface area contributed by atoms with Gasteiger partial charge in [0.25, 0.3) is 0 Å². The number of benzene rings is 1. The van der Waals surface area contributed by atoms with E-state index in [9.17, 15) is 0 Å². The molecule has 0 heterocycles. The third-order valence-corrected chi connectivity index (χ3v) is 15.9. The summed E-state index contributed by atoms with van der Waals surface area (Å²) in [5, 5.41) is 16.5. The van der Waals surface area contributed by atoms with Crippen LogP contribution < -0.4 is 10.2 Å².